The van der Waals surface area contributed by atoms with E-state index in [0.717, 1.165) is 6.42 Å². The quantitative estimate of drug-likeness (QED) is 0.309. The van der Waals surface area contributed by atoms with Gasteiger partial charge in [-0.05, 0) is 30.7 Å². The molecule has 0 atom stereocenters. The van der Waals surface area contributed by atoms with Gasteiger partial charge in [0.15, 0.2) is 0 Å². The molecule has 1 amide bonds. The molecule has 3 aromatic rings. The summed E-state index contributed by atoms with van der Waals surface area (Å²) in [5.41, 5.74) is 2.92. The highest BCUT2D eigenvalue weighted by Crippen LogP contribution is 2.22. The van der Waals surface area contributed by atoms with Crippen molar-refractivity contribution in [3.05, 3.63) is 71.6 Å². The van der Waals surface area contributed by atoms with E-state index in [-0.39, 0.29) is 11.5 Å². The molecule has 0 aliphatic heterocycles. The lowest BCUT2D eigenvalue weighted by Gasteiger charge is -2.15. The van der Waals surface area contributed by atoms with E-state index in [1.807, 2.05) is 13.0 Å². The summed E-state index contributed by atoms with van der Waals surface area (Å²) < 4.78 is 6.83. The fourth-order valence-corrected chi connectivity index (χ4v) is 3.10. The van der Waals surface area contributed by atoms with Crippen molar-refractivity contribution in [1.82, 2.24) is 14.5 Å². The van der Waals surface area contributed by atoms with Crippen molar-refractivity contribution >= 4 is 34.2 Å². The Labute approximate surface area is 179 Å². The number of pyridine rings is 1. The van der Waals surface area contributed by atoms with Crippen LogP contribution in [0, 0.1) is 0 Å². The van der Waals surface area contributed by atoms with Gasteiger partial charge >= 0.3 is 0 Å². The van der Waals surface area contributed by atoms with Crippen molar-refractivity contribution in [3.8, 4) is 5.69 Å². The zero-order chi connectivity index (χ0) is 22.4. The lowest BCUT2D eigenvalue weighted by Crippen LogP contribution is -2.21. The molecule has 0 saturated heterocycles. The topological polar surface area (TPSA) is 113 Å². The maximum Gasteiger partial charge on any atom is 0.281 e. The van der Waals surface area contributed by atoms with E-state index >= 15 is 0 Å². The number of ether oxygens (including phenoxy) is 1. The van der Waals surface area contributed by atoms with Crippen LogP contribution in [0.4, 0.5) is 11.4 Å². The minimum absolute atomic E-state index is 0.276. The van der Waals surface area contributed by atoms with Gasteiger partial charge < -0.3 is 20.4 Å². The number of hydrogen-bond acceptors (Lipinski definition) is 6. The fraction of sp³-hybridized carbons (Fsp3) is 0.182. The van der Waals surface area contributed by atoms with Crippen molar-refractivity contribution in [2.75, 3.05) is 24.8 Å². The predicted octanol–water partition coefficient (Wildman–Crippen LogP) is 3.22. The average Bonchev–Trinajstić information content (AvgIpc) is 3.27. The Morgan fingerprint density at radius 3 is 2.87 bits per heavy atom. The minimum atomic E-state index is -0.337. The average molecular weight is 420 g/mol. The molecule has 9 nitrogen and oxygen atoms in total. The number of aromatic nitrogens is 3. The molecule has 31 heavy (non-hydrogen) atoms. The van der Waals surface area contributed by atoms with Crippen LogP contribution in [-0.2, 0) is 9.53 Å². The zero-order valence-corrected chi connectivity index (χ0v) is 17.6. The number of nitrogens with zero attached hydrogens (tertiary/aromatic N) is 3. The Kier molecular flexibility index (Phi) is 6.66. The van der Waals surface area contributed by atoms with E-state index in [1.165, 1.54) is 17.0 Å². The van der Waals surface area contributed by atoms with E-state index in [2.05, 4.69) is 32.2 Å². The minimum Gasteiger partial charge on any atom is -0.480 e. The van der Waals surface area contributed by atoms with Gasteiger partial charge in [0.1, 0.15) is 11.0 Å². The number of anilines is 2. The van der Waals surface area contributed by atoms with Crippen molar-refractivity contribution in [2.45, 2.75) is 13.3 Å². The molecule has 0 aliphatic rings. The molecular weight excluding hydrogens is 396 g/mol. The lowest BCUT2D eigenvalue weighted by molar-refractivity contribution is -0.111. The molecule has 2 aromatic heterocycles. The van der Waals surface area contributed by atoms with Crippen molar-refractivity contribution < 1.29 is 9.53 Å². The fourth-order valence-electron chi connectivity index (χ4n) is 3.10. The number of methoxy groups -OCH3 is 1. The van der Waals surface area contributed by atoms with Crippen molar-refractivity contribution in [2.24, 2.45) is 4.99 Å². The molecule has 3 rings (SSSR count). The normalized spacial score (nSPS) is 12.0. The van der Waals surface area contributed by atoms with Crippen LogP contribution in [0.15, 0.2) is 71.0 Å². The predicted molar refractivity (Wildman–Crippen MR) is 123 cm³/mol. The Morgan fingerprint density at radius 2 is 2.19 bits per heavy atom. The number of imidazole rings is 1. The van der Waals surface area contributed by atoms with Crippen LogP contribution < -0.4 is 16.2 Å². The van der Waals surface area contributed by atoms with Crippen LogP contribution in [0.1, 0.15) is 13.3 Å². The molecule has 0 radical (unpaired) electrons. The number of fused-ring (bicyclic) bond motifs is 1. The summed E-state index contributed by atoms with van der Waals surface area (Å²) in [5, 5.41) is 5.98. The van der Waals surface area contributed by atoms with E-state index in [4.69, 9.17) is 4.74 Å². The molecule has 0 aliphatic carbocycles. The highest BCUT2D eigenvalue weighted by Gasteiger charge is 2.16. The highest BCUT2D eigenvalue weighted by molar-refractivity contribution is 6.00. The van der Waals surface area contributed by atoms with Crippen LogP contribution >= 0.6 is 0 Å². The Hall–Kier alpha value is -4.14. The van der Waals surface area contributed by atoms with Crippen LogP contribution in [0.3, 0.4) is 0 Å². The van der Waals surface area contributed by atoms with E-state index in [9.17, 15) is 9.59 Å². The van der Waals surface area contributed by atoms with Gasteiger partial charge in [-0.3, -0.25) is 19.1 Å². The third-order valence-electron chi connectivity index (χ3n) is 4.47. The van der Waals surface area contributed by atoms with Crippen LogP contribution in [0.25, 0.3) is 16.7 Å². The van der Waals surface area contributed by atoms with Gasteiger partial charge in [0, 0.05) is 18.9 Å². The van der Waals surface area contributed by atoms with Gasteiger partial charge in [-0.1, -0.05) is 25.6 Å². The van der Waals surface area contributed by atoms with Crippen LogP contribution in [-0.4, -0.2) is 40.5 Å². The maximum absolute atomic E-state index is 13.1. The first-order valence-corrected chi connectivity index (χ1v) is 9.63. The zero-order valence-electron chi connectivity index (χ0n) is 17.6. The number of H-pyrrole nitrogens is 1. The van der Waals surface area contributed by atoms with Crippen LogP contribution in [0.2, 0.25) is 0 Å². The number of benzene rings is 1. The Bertz CT molecular complexity index is 1240. The lowest BCUT2D eigenvalue weighted by atomic mass is 10.2. The van der Waals surface area contributed by atoms with E-state index in [0.29, 0.717) is 39.7 Å². The third kappa shape index (κ3) is 4.55. The van der Waals surface area contributed by atoms with E-state index < -0.39 is 0 Å². The summed E-state index contributed by atoms with van der Waals surface area (Å²) in [4.78, 5) is 36.1. The summed E-state index contributed by atoms with van der Waals surface area (Å²) in [5.74, 6) is 0.0913. The number of amides is 1. The second-order valence-electron chi connectivity index (χ2n) is 6.47. The first kappa shape index (κ1) is 21.6. The number of nitrogens with one attached hydrogen (secondary N) is 3. The van der Waals surface area contributed by atoms with Crippen LogP contribution in [0.5, 0.6) is 0 Å². The molecule has 3 N–H and O–H groups in total. The monoisotopic (exact) mass is 420 g/mol. The molecule has 160 valence electrons. The molecule has 0 unspecified atom stereocenters. The first-order chi connectivity index (χ1) is 15.0. The number of carbonyl (C=O) groups excluding carboxylic acids is 1. The standard InChI is InChI=1S/C22H24N6O3/c1-5-8-16(21(23-3)31-4)27-17-12-28(22(30)20-19(17)24-13-25-20)15-10-7-9-14(11-15)26-18(29)6-2/h6-13,27H,2,5H2,1,3-4H3,(H,24,25)(H,26,29)/b16-8+,23-21?. The molecule has 0 fully saturated rings. The smallest absolute Gasteiger partial charge is 0.281 e. The van der Waals surface area contributed by atoms with Gasteiger partial charge in [-0.2, -0.15) is 0 Å². The highest BCUT2D eigenvalue weighted by atomic mass is 16.5. The summed E-state index contributed by atoms with van der Waals surface area (Å²) >= 11 is 0. The second-order valence-corrected chi connectivity index (χ2v) is 6.47. The molecule has 1 aromatic carbocycles. The third-order valence-corrected chi connectivity index (χ3v) is 4.47. The summed E-state index contributed by atoms with van der Waals surface area (Å²) in [6.07, 6.45) is 7.00. The number of hydrogen-bond donors (Lipinski definition) is 3. The van der Waals surface area contributed by atoms with Crippen molar-refractivity contribution in [3.63, 3.8) is 0 Å². The molecule has 0 spiro atoms. The maximum atomic E-state index is 13.1. The Morgan fingerprint density at radius 1 is 1.39 bits per heavy atom. The van der Waals surface area contributed by atoms with Gasteiger partial charge in [0.2, 0.25) is 11.8 Å². The van der Waals surface area contributed by atoms with Crippen molar-refractivity contribution in [1.29, 1.82) is 0 Å². The van der Waals surface area contributed by atoms with Gasteiger partial charge in [-0.15, -0.1) is 0 Å². The number of aliphatic imine (C=N–C) groups is 1. The number of carbonyl (C=O) groups is 1. The van der Waals surface area contributed by atoms with Gasteiger partial charge in [0.05, 0.1) is 30.5 Å². The molecule has 2 heterocycles. The second kappa shape index (κ2) is 9.57. The van der Waals surface area contributed by atoms with Gasteiger partial charge in [0.25, 0.3) is 5.56 Å². The van der Waals surface area contributed by atoms with Gasteiger partial charge in [-0.25, -0.2) is 4.98 Å². The summed E-state index contributed by atoms with van der Waals surface area (Å²) in [6, 6.07) is 6.95. The SMILES string of the molecule is C=CC(=O)Nc1cccc(-n2cc(N/C(=C/CC)C(=NC)OC)c3nc[nH]c3c2=O)c1. The summed E-state index contributed by atoms with van der Waals surface area (Å²) in [6.45, 7) is 5.45. The number of aromatic amines is 1. The number of allylic oxidation sites excluding steroid dienone is 1. The number of rotatable bonds is 7. The molecule has 9 heteroatoms. The molecule has 0 saturated carbocycles. The Balaban J connectivity index is 2.13. The first-order valence-electron chi connectivity index (χ1n) is 9.63. The molecule has 0 bridgehead atoms. The summed E-state index contributed by atoms with van der Waals surface area (Å²) in [7, 11) is 3.18. The largest absolute Gasteiger partial charge is 0.480 e. The van der Waals surface area contributed by atoms with E-state index in [1.54, 1.807) is 44.6 Å². The molecular formula is C22H24N6O3.